The summed E-state index contributed by atoms with van der Waals surface area (Å²) in [5.41, 5.74) is 0.516. The molecule has 6 atom stereocenters. The van der Waals surface area contributed by atoms with Crippen LogP contribution >= 0.6 is 0 Å². The van der Waals surface area contributed by atoms with Crippen LogP contribution in [0.15, 0.2) is 24.3 Å². The summed E-state index contributed by atoms with van der Waals surface area (Å²) in [4.78, 5) is 42.7. The first-order valence-corrected chi connectivity index (χ1v) is 10.2. The molecule has 1 aromatic carbocycles. The maximum atomic E-state index is 13.2. The number of carbonyl (C=O) groups excluding carboxylic acids is 3. The van der Waals surface area contributed by atoms with Crippen LogP contribution in [0, 0.1) is 17.3 Å². The molecule has 4 fully saturated rings. The number of amides is 2. The molecule has 0 unspecified atom stereocenters. The van der Waals surface area contributed by atoms with Gasteiger partial charge in [-0.25, -0.2) is 0 Å². The van der Waals surface area contributed by atoms with Crippen molar-refractivity contribution in [1.29, 1.82) is 0 Å². The molecule has 6 rings (SSSR count). The molecule has 146 valence electrons. The molecule has 0 aromatic heterocycles. The fourth-order valence-corrected chi connectivity index (χ4v) is 8.65. The van der Waals surface area contributed by atoms with E-state index in [1.165, 1.54) is 7.11 Å². The van der Waals surface area contributed by atoms with Gasteiger partial charge in [0, 0.05) is 18.7 Å². The van der Waals surface area contributed by atoms with Crippen LogP contribution in [0.3, 0.4) is 0 Å². The highest BCUT2D eigenvalue weighted by molar-refractivity contribution is 5.96. The zero-order valence-electron chi connectivity index (χ0n) is 16.2. The van der Waals surface area contributed by atoms with Gasteiger partial charge in [0.1, 0.15) is 0 Å². The second-order valence-electron chi connectivity index (χ2n) is 9.29. The zero-order chi connectivity index (χ0) is 19.5. The summed E-state index contributed by atoms with van der Waals surface area (Å²) in [6, 6.07) is 8.01. The molecule has 2 aliphatic carbocycles. The van der Waals surface area contributed by atoms with Crippen LogP contribution in [0.1, 0.15) is 38.2 Å². The first kappa shape index (κ1) is 16.6. The van der Waals surface area contributed by atoms with Crippen LogP contribution in [0.5, 0.6) is 0 Å². The van der Waals surface area contributed by atoms with Crippen molar-refractivity contribution in [3.63, 3.8) is 0 Å². The Morgan fingerprint density at radius 1 is 1.32 bits per heavy atom. The number of ether oxygens (including phenoxy) is 1. The number of rotatable bonds is 2. The molecule has 6 nitrogen and oxygen atoms in total. The second kappa shape index (κ2) is 4.78. The van der Waals surface area contributed by atoms with E-state index < -0.39 is 16.9 Å². The minimum absolute atomic E-state index is 0.0586. The molecule has 2 saturated heterocycles. The topological polar surface area (TPSA) is 66.9 Å². The van der Waals surface area contributed by atoms with Crippen molar-refractivity contribution in [3.05, 3.63) is 29.8 Å². The van der Waals surface area contributed by atoms with E-state index in [0.717, 1.165) is 37.0 Å². The predicted octanol–water partition coefficient (Wildman–Crippen LogP) is 1.86. The van der Waals surface area contributed by atoms with Gasteiger partial charge >= 0.3 is 5.97 Å². The van der Waals surface area contributed by atoms with Gasteiger partial charge in [-0.1, -0.05) is 25.1 Å². The summed E-state index contributed by atoms with van der Waals surface area (Å²) in [5, 5.41) is 0. The van der Waals surface area contributed by atoms with Crippen molar-refractivity contribution in [1.82, 2.24) is 4.90 Å². The smallest absolute Gasteiger partial charge is 0.311 e. The molecule has 3 aliphatic heterocycles. The standard InChI is InChI=1S/C22H24N2O4/c1-13-20-8-5-9-23-17(26)11-21(19(20)23)14-6-3-4-7-16(14)24(12-25)22(13,21)15(10-20)18(27)28-2/h3-4,6-7,12-13,15,19H,5,8-11H2,1-2H3/t13-,15+,19+,20+,21-,22-/m1/s1. The van der Waals surface area contributed by atoms with E-state index >= 15 is 0 Å². The number of para-hydroxylation sites is 1. The Balaban J connectivity index is 1.74. The lowest BCUT2D eigenvalue weighted by Gasteiger charge is -2.52. The quantitative estimate of drug-likeness (QED) is 0.580. The molecular formula is C22H24N2O4. The first-order chi connectivity index (χ1) is 13.5. The van der Waals surface area contributed by atoms with Gasteiger partial charge in [0.25, 0.3) is 0 Å². The summed E-state index contributed by atoms with van der Waals surface area (Å²) < 4.78 is 5.26. The maximum Gasteiger partial charge on any atom is 0.311 e. The van der Waals surface area contributed by atoms with Crippen molar-refractivity contribution in [2.45, 2.75) is 49.6 Å². The normalized spacial score (nSPS) is 44.4. The van der Waals surface area contributed by atoms with Gasteiger partial charge in [0.15, 0.2) is 0 Å². The monoisotopic (exact) mass is 380 g/mol. The Bertz CT molecular complexity index is 946. The Hall–Kier alpha value is -2.37. The second-order valence-corrected chi connectivity index (χ2v) is 9.29. The minimum Gasteiger partial charge on any atom is -0.469 e. The lowest BCUT2D eigenvalue weighted by Crippen LogP contribution is -2.66. The highest BCUT2D eigenvalue weighted by Crippen LogP contribution is 2.81. The minimum atomic E-state index is -0.731. The van der Waals surface area contributed by atoms with Crippen LogP contribution in [0.2, 0.25) is 0 Å². The highest BCUT2D eigenvalue weighted by atomic mass is 16.5. The van der Waals surface area contributed by atoms with E-state index in [2.05, 4.69) is 17.9 Å². The number of hydrogen-bond acceptors (Lipinski definition) is 4. The number of methoxy groups -OCH3 is 1. The van der Waals surface area contributed by atoms with E-state index in [9.17, 15) is 14.4 Å². The van der Waals surface area contributed by atoms with E-state index in [1.54, 1.807) is 0 Å². The molecule has 2 saturated carbocycles. The lowest BCUT2D eigenvalue weighted by atomic mass is 9.56. The van der Waals surface area contributed by atoms with Crippen molar-refractivity contribution >= 4 is 24.0 Å². The Morgan fingerprint density at radius 3 is 2.86 bits per heavy atom. The summed E-state index contributed by atoms with van der Waals surface area (Å²) in [5.74, 6) is -0.383. The number of nitrogens with zero attached hydrogens (tertiary/aromatic N) is 2. The predicted molar refractivity (Wildman–Crippen MR) is 100 cm³/mol. The molecule has 5 aliphatic rings. The third-order valence-corrected chi connectivity index (χ3v) is 9.10. The average molecular weight is 380 g/mol. The molecule has 0 radical (unpaired) electrons. The van der Waals surface area contributed by atoms with Crippen LogP contribution < -0.4 is 4.90 Å². The molecule has 6 heteroatoms. The number of benzene rings is 1. The van der Waals surface area contributed by atoms with E-state index in [1.807, 2.05) is 23.1 Å². The van der Waals surface area contributed by atoms with E-state index in [4.69, 9.17) is 4.74 Å². The van der Waals surface area contributed by atoms with E-state index in [0.29, 0.717) is 12.8 Å². The number of hydrogen-bond donors (Lipinski definition) is 0. The average Bonchev–Trinajstić information content (AvgIpc) is 3.31. The van der Waals surface area contributed by atoms with Gasteiger partial charge < -0.3 is 14.5 Å². The van der Waals surface area contributed by atoms with Crippen LogP contribution in [-0.4, -0.2) is 48.4 Å². The van der Waals surface area contributed by atoms with Crippen molar-refractivity contribution < 1.29 is 19.1 Å². The number of piperidine rings is 1. The maximum absolute atomic E-state index is 13.2. The first-order valence-electron chi connectivity index (χ1n) is 10.2. The highest BCUT2D eigenvalue weighted by Gasteiger charge is 2.89. The molecular weight excluding hydrogens is 356 g/mol. The van der Waals surface area contributed by atoms with Gasteiger partial charge in [-0.2, -0.15) is 0 Å². The van der Waals surface area contributed by atoms with Crippen molar-refractivity contribution in [3.8, 4) is 0 Å². The fourth-order valence-electron chi connectivity index (χ4n) is 8.65. The lowest BCUT2D eigenvalue weighted by molar-refractivity contribution is -0.150. The molecule has 3 spiro atoms. The Kier molecular flexibility index (Phi) is 2.83. The van der Waals surface area contributed by atoms with Gasteiger partial charge in [-0.3, -0.25) is 14.4 Å². The summed E-state index contributed by atoms with van der Waals surface area (Å²) in [6.45, 7) is 2.99. The molecule has 2 amide bonds. The van der Waals surface area contributed by atoms with Crippen molar-refractivity contribution in [2.24, 2.45) is 17.3 Å². The molecule has 28 heavy (non-hydrogen) atoms. The summed E-state index contributed by atoms with van der Waals surface area (Å²) in [6.07, 6.45) is 3.90. The third-order valence-electron chi connectivity index (χ3n) is 9.10. The largest absolute Gasteiger partial charge is 0.469 e. The van der Waals surface area contributed by atoms with Gasteiger partial charge in [0.05, 0.1) is 30.0 Å². The Labute approximate surface area is 163 Å². The third kappa shape index (κ3) is 1.30. The van der Waals surface area contributed by atoms with Crippen LogP contribution in [-0.2, 0) is 24.5 Å². The fraction of sp³-hybridized carbons (Fsp3) is 0.591. The van der Waals surface area contributed by atoms with Crippen LogP contribution in [0.4, 0.5) is 5.69 Å². The molecule has 1 aromatic rings. The van der Waals surface area contributed by atoms with Crippen molar-refractivity contribution in [2.75, 3.05) is 18.6 Å². The van der Waals surface area contributed by atoms with Gasteiger partial charge in [-0.15, -0.1) is 0 Å². The number of carbonyl (C=O) groups is 3. The summed E-state index contributed by atoms with van der Waals surface area (Å²) in [7, 11) is 1.43. The number of esters is 1. The molecule has 2 bridgehead atoms. The zero-order valence-corrected chi connectivity index (χ0v) is 16.2. The molecule has 3 heterocycles. The van der Waals surface area contributed by atoms with Crippen LogP contribution in [0.25, 0.3) is 0 Å². The molecule has 0 N–H and O–H groups in total. The Morgan fingerprint density at radius 2 is 2.11 bits per heavy atom. The number of fused-ring (bicyclic) bond motifs is 1. The van der Waals surface area contributed by atoms with Gasteiger partial charge in [0.2, 0.25) is 12.3 Å². The summed E-state index contributed by atoms with van der Waals surface area (Å²) >= 11 is 0. The number of anilines is 1. The SMILES string of the molecule is COC(=O)[C@@H]1C[C@@]23CCCN4C(=O)C[C@@]5(c6ccccc6N(C=O)[C@]15[C@@H]2C)[C@@H]43. The van der Waals surface area contributed by atoms with Gasteiger partial charge in [-0.05, 0) is 42.2 Å². The van der Waals surface area contributed by atoms with E-state index in [-0.39, 0.29) is 29.3 Å².